The highest BCUT2D eigenvalue weighted by atomic mass is 35.5. The van der Waals surface area contributed by atoms with Crippen LogP contribution in [0.5, 0.6) is 0 Å². The molecule has 1 amide bonds. The Kier molecular flexibility index (Phi) is 7.42. The van der Waals surface area contributed by atoms with Crippen LogP contribution >= 0.6 is 24.2 Å². The van der Waals surface area contributed by atoms with Gasteiger partial charge in [-0.1, -0.05) is 13.3 Å². The highest BCUT2D eigenvalue weighted by Gasteiger charge is 2.28. The molecule has 2 aliphatic carbocycles. The monoisotopic (exact) mass is 292 g/mol. The second-order valence-electron chi connectivity index (χ2n) is 5.17. The van der Waals surface area contributed by atoms with Crippen LogP contribution in [0.1, 0.15) is 39.0 Å². The van der Waals surface area contributed by atoms with Crippen LogP contribution in [0.15, 0.2) is 0 Å². The van der Waals surface area contributed by atoms with Crippen LogP contribution in [0.4, 0.5) is 0 Å². The molecule has 0 bridgehead atoms. The van der Waals surface area contributed by atoms with Crippen LogP contribution < -0.4 is 10.6 Å². The van der Waals surface area contributed by atoms with Gasteiger partial charge in [-0.2, -0.15) is 11.8 Å². The average Bonchev–Trinajstić information content (AvgIpc) is 3.02. The summed E-state index contributed by atoms with van der Waals surface area (Å²) in [6.07, 6.45) is 6.36. The van der Waals surface area contributed by atoms with Gasteiger partial charge in [0.25, 0.3) is 0 Å². The van der Waals surface area contributed by atoms with Crippen LogP contribution in [-0.2, 0) is 4.79 Å². The third kappa shape index (κ3) is 5.37. The second kappa shape index (κ2) is 8.28. The van der Waals surface area contributed by atoms with E-state index in [0.717, 1.165) is 24.6 Å². The van der Waals surface area contributed by atoms with Crippen LogP contribution in [0.2, 0.25) is 0 Å². The molecule has 2 fully saturated rings. The van der Waals surface area contributed by atoms with E-state index in [-0.39, 0.29) is 18.3 Å². The quantitative estimate of drug-likeness (QED) is 0.756. The zero-order valence-electron chi connectivity index (χ0n) is 11.1. The fourth-order valence-corrected chi connectivity index (χ4v) is 3.67. The van der Waals surface area contributed by atoms with E-state index < -0.39 is 0 Å². The molecular formula is C13H25ClN2OS. The van der Waals surface area contributed by atoms with E-state index in [2.05, 4.69) is 17.6 Å². The molecule has 0 saturated heterocycles. The van der Waals surface area contributed by atoms with Crippen LogP contribution in [-0.4, -0.2) is 36.0 Å². The first-order valence-electron chi connectivity index (χ1n) is 6.91. The minimum atomic E-state index is 0. The Hall–Kier alpha value is 0.0700. The fourth-order valence-electron chi connectivity index (χ4n) is 2.47. The van der Waals surface area contributed by atoms with E-state index in [1.807, 2.05) is 11.8 Å². The minimum Gasteiger partial charge on any atom is -0.351 e. The number of rotatable bonds is 7. The summed E-state index contributed by atoms with van der Waals surface area (Å²) in [4.78, 5) is 11.8. The molecular weight excluding hydrogens is 268 g/mol. The number of carbonyl (C=O) groups excluding carboxylic acids is 1. The Morgan fingerprint density at radius 3 is 2.72 bits per heavy atom. The Morgan fingerprint density at radius 1 is 1.28 bits per heavy atom. The third-order valence-corrected chi connectivity index (χ3v) is 4.92. The molecule has 0 spiro atoms. The molecule has 106 valence electrons. The zero-order chi connectivity index (χ0) is 12.1. The van der Waals surface area contributed by atoms with Gasteiger partial charge in [0.2, 0.25) is 5.91 Å². The van der Waals surface area contributed by atoms with Crippen molar-refractivity contribution in [1.82, 2.24) is 10.6 Å². The Balaban J connectivity index is 0.00000162. The summed E-state index contributed by atoms with van der Waals surface area (Å²) in [6.45, 7) is 3.71. The molecule has 0 aromatic heterocycles. The van der Waals surface area contributed by atoms with E-state index in [4.69, 9.17) is 0 Å². The molecule has 2 aliphatic rings. The molecule has 3 nitrogen and oxygen atoms in total. The molecule has 0 heterocycles. The van der Waals surface area contributed by atoms with E-state index in [1.165, 1.54) is 25.7 Å². The summed E-state index contributed by atoms with van der Waals surface area (Å²) in [5.41, 5.74) is 0. The number of halogens is 1. The van der Waals surface area contributed by atoms with E-state index in [9.17, 15) is 4.79 Å². The van der Waals surface area contributed by atoms with Crippen LogP contribution in [0.25, 0.3) is 0 Å². The van der Waals surface area contributed by atoms with Gasteiger partial charge in [0.05, 0.1) is 6.54 Å². The average molecular weight is 293 g/mol. The second-order valence-corrected chi connectivity index (χ2v) is 6.69. The first-order valence-corrected chi connectivity index (χ1v) is 7.96. The van der Waals surface area contributed by atoms with Gasteiger partial charge in [0, 0.05) is 11.3 Å². The molecule has 0 aromatic carbocycles. The summed E-state index contributed by atoms with van der Waals surface area (Å²) in [7, 11) is 0. The van der Waals surface area contributed by atoms with Crippen molar-refractivity contribution in [2.24, 2.45) is 5.92 Å². The molecule has 0 aliphatic heterocycles. The molecule has 0 radical (unpaired) electrons. The number of thioether (sulfide) groups is 1. The topological polar surface area (TPSA) is 41.1 Å². The summed E-state index contributed by atoms with van der Waals surface area (Å²) in [5, 5.41) is 7.08. The lowest BCUT2D eigenvalue weighted by Crippen LogP contribution is -2.43. The smallest absolute Gasteiger partial charge is 0.234 e. The van der Waals surface area contributed by atoms with Gasteiger partial charge in [0.15, 0.2) is 0 Å². The number of hydrogen-bond acceptors (Lipinski definition) is 3. The largest absolute Gasteiger partial charge is 0.351 e. The van der Waals surface area contributed by atoms with Gasteiger partial charge in [-0.3, -0.25) is 4.79 Å². The maximum atomic E-state index is 11.8. The van der Waals surface area contributed by atoms with Crippen molar-refractivity contribution >= 4 is 30.1 Å². The number of nitrogens with one attached hydrogen (secondary N) is 2. The molecule has 2 saturated carbocycles. The maximum absolute atomic E-state index is 11.8. The van der Waals surface area contributed by atoms with Crippen LogP contribution in [0.3, 0.4) is 0 Å². The number of amides is 1. The minimum absolute atomic E-state index is 0. The Labute approximate surface area is 121 Å². The van der Waals surface area contributed by atoms with Crippen molar-refractivity contribution in [2.75, 3.05) is 18.8 Å². The van der Waals surface area contributed by atoms with Gasteiger partial charge in [-0.25, -0.2) is 0 Å². The van der Waals surface area contributed by atoms with Gasteiger partial charge in [-0.05, 0) is 43.9 Å². The standard InChI is InChI=1S/C13H24N2OS.ClH/c1-2-17-12-5-3-4-11(12)15-13(16)9-14-8-10-6-7-10;/h10-12,14H,2-9H2,1H3,(H,15,16);1H. The predicted molar refractivity (Wildman–Crippen MR) is 80.5 cm³/mol. The normalized spacial score (nSPS) is 26.7. The summed E-state index contributed by atoms with van der Waals surface area (Å²) in [6, 6.07) is 0.412. The molecule has 0 aromatic rings. The number of carbonyl (C=O) groups is 1. The molecule has 2 atom stereocenters. The zero-order valence-corrected chi connectivity index (χ0v) is 12.7. The van der Waals surface area contributed by atoms with Gasteiger partial charge >= 0.3 is 0 Å². The Morgan fingerprint density at radius 2 is 2.06 bits per heavy atom. The van der Waals surface area contributed by atoms with Crippen LogP contribution in [0, 0.1) is 5.92 Å². The highest BCUT2D eigenvalue weighted by Crippen LogP contribution is 2.30. The van der Waals surface area contributed by atoms with Gasteiger partial charge in [0.1, 0.15) is 0 Å². The lowest BCUT2D eigenvalue weighted by atomic mass is 10.2. The van der Waals surface area contributed by atoms with Crippen molar-refractivity contribution < 1.29 is 4.79 Å². The molecule has 2 N–H and O–H groups in total. The Bertz CT molecular complexity index is 261. The van der Waals surface area contributed by atoms with E-state index >= 15 is 0 Å². The van der Waals surface area contributed by atoms with Crippen molar-refractivity contribution in [3.8, 4) is 0 Å². The van der Waals surface area contributed by atoms with Gasteiger partial charge in [-0.15, -0.1) is 12.4 Å². The highest BCUT2D eigenvalue weighted by molar-refractivity contribution is 7.99. The van der Waals surface area contributed by atoms with Crippen molar-refractivity contribution in [1.29, 1.82) is 0 Å². The third-order valence-electron chi connectivity index (χ3n) is 3.60. The lowest BCUT2D eigenvalue weighted by Gasteiger charge is -2.20. The SMILES string of the molecule is CCSC1CCCC1NC(=O)CNCC1CC1.Cl. The fraction of sp³-hybridized carbons (Fsp3) is 0.923. The van der Waals surface area contributed by atoms with Crippen molar-refractivity contribution in [3.63, 3.8) is 0 Å². The predicted octanol–water partition coefficient (Wildman–Crippen LogP) is 2.20. The van der Waals surface area contributed by atoms with Crippen molar-refractivity contribution in [2.45, 2.75) is 50.3 Å². The summed E-state index contributed by atoms with van der Waals surface area (Å²) >= 11 is 1.99. The lowest BCUT2D eigenvalue weighted by molar-refractivity contribution is -0.120. The summed E-state index contributed by atoms with van der Waals surface area (Å²) in [5.74, 6) is 2.17. The summed E-state index contributed by atoms with van der Waals surface area (Å²) < 4.78 is 0. The first-order chi connectivity index (χ1) is 8.29. The number of hydrogen-bond donors (Lipinski definition) is 2. The van der Waals surface area contributed by atoms with Crippen molar-refractivity contribution in [3.05, 3.63) is 0 Å². The maximum Gasteiger partial charge on any atom is 0.234 e. The molecule has 18 heavy (non-hydrogen) atoms. The van der Waals surface area contributed by atoms with E-state index in [0.29, 0.717) is 17.8 Å². The molecule has 2 unspecified atom stereocenters. The van der Waals surface area contributed by atoms with Gasteiger partial charge < -0.3 is 10.6 Å². The molecule has 2 rings (SSSR count). The molecule has 5 heteroatoms. The van der Waals surface area contributed by atoms with E-state index in [1.54, 1.807) is 0 Å². The first kappa shape index (κ1) is 16.1.